The van der Waals surface area contributed by atoms with Crippen molar-refractivity contribution in [1.82, 2.24) is 0 Å². The second-order valence-electron chi connectivity index (χ2n) is 4.32. The van der Waals surface area contributed by atoms with Crippen molar-refractivity contribution in [3.8, 4) is 5.75 Å². The molecule has 0 heterocycles. The molecule has 1 saturated carbocycles. The molecule has 1 aromatic rings. The van der Waals surface area contributed by atoms with Crippen LogP contribution in [-0.2, 0) is 10.3 Å². The number of nitrogens with zero attached hydrogens (tertiary/aromatic N) is 1. The molecule has 0 saturated heterocycles. The second-order valence-corrected chi connectivity index (χ2v) is 5.20. The van der Waals surface area contributed by atoms with Crippen molar-refractivity contribution >= 4 is 17.8 Å². The number of hydrogen-bond acceptors (Lipinski definition) is 4. The van der Waals surface area contributed by atoms with Crippen LogP contribution < -0.4 is 0 Å². The second kappa shape index (κ2) is 4.94. The summed E-state index contributed by atoms with van der Waals surface area (Å²) >= 11 is 1.62. The van der Waals surface area contributed by atoms with E-state index in [1.807, 2.05) is 18.4 Å². The molecule has 1 aliphatic carbocycles. The Morgan fingerprint density at radius 1 is 1.41 bits per heavy atom. The minimum Gasteiger partial charge on any atom is -0.508 e. The Labute approximate surface area is 105 Å². The summed E-state index contributed by atoms with van der Waals surface area (Å²) in [5.74, 6) is 0.226. The van der Waals surface area contributed by atoms with E-state index in [4.69, 9.17) is 0 Å². The molecule has 0 spiro atoms. The van der Waals surface area contributed by atoms with Crippen LogP contribution in [0, 0.1) is 0 Å². The van der Waals surface area contributed by atoms with Gasteiger partial charge in [-0.05, 0) is 37.3 Å². The van der Waals surface area contributed by atoms with Crippen molar-refractivity contribution in [3.05, 3.63) is 23.8 Å². The minimum absolute atomic E-state index is 0.226. The molecule has 0 amide bonds. The number of benzene rings is 1. The van der Waals surface area contributed by atoms with Crippen LogP contribution >= 0.6 is 11.8 Å². The predicted molar refractivity (Wildman–Crippen MR) is 68.2 cm³/mol. The lowest BCUT2D eigenvalue weighted by atomic mass is 9.88. The molecule has 0 aromatic heterocycles. The van der Waals surface area contributed by atoms with Crippen LogP contribution in [-0.4, -0.2) is 17.4 Å². The highest BCUT2D eigenvalue weighted by Crippen LogP contribution is 2.46. The lowest BCUT2D eigenvalue weighted by Crippen LogP contribution is -2.19. The smallest absolute Gasteiger partial charge is 0.235 e. The molecule has 0 unspecified atom stereocenters. The first-order valence-corrected chi connectivity index (χ1v) is 6.91. The van der Waals surface area contributed by atoms with E-state index in [2.05, 4.69) is 4.99 Å². The van der Waals surface area contributed by atoms with Crippen molar-refractivity contribution in [2.45, 2.75) is 36.1 Å². The molecular weight excluding hydrogens is 234 g/mol. The van der Waals surface area contributed by atoms with Gasteiger partial charge in [-0.15, -0.1) is 11.8 Å². The van der Waals surface area contributed by atoms with E-state index < -0.39 is 5.54 Å². The molecule has 1 N–H and O–H groups in total. The van der Waals surface area contributed by atoms with Gasteiger partial charge in [0.25, 0.3) is 0 Å². The van der Waals surface area contributed by atoms with Crippen LogP contribution in [0.1, 0.15) is 31.2 Å². The van der Waals surface area contributed by atoms with E-state index >= 15 is 0 Å². The number of phenolic OH excluding ortho intramolecular Hbond substituents is 1. The van der Waals surface area contributed by atoms with Crippen LogP contribution in [0.5, 0.6) is 5.75 Å². The Kier molecular flexibility index (Phi) is 3.55. The van der Waals surface area contributed by atoms with Gasteiger partial charge in [-0.1, -0.05) is 12.8 Å². The molecule has 1 aliphatic rings. The number of phenols is 1. The maximum absolute atomic E-state index is 10.6. The summed E-state index contributed by atoms with van der Waals surface area (Å²) in [4.78, 5) is 15.7. The average molecular weight is 249 g/mol. The third kappa shape index (κ3) is 2.24. The zero-order valence-electron chi connectivity index (χ0n) is 9.77. The number of aliphatic imine (C=N–C) groups is 1. The fraction of sp³-hybridized carbons (Fsp3) is 0.462. The van der Waals surface area contributed by atoms with Gasteiger partial charge in [-0.3, -0.25) is 0 Å². The number of hydrogen-bond donors (Lipinski definition) is 1. The molecule has 1 fully saturated rings. The van der Waals surface area contributed by atoms with Crippen LogP contribution in [0.25, 0.3) is 0 Å². The topological polar surface area (TPSA) is 49.7 Å². The fourth-order valence-electron chi connectivity index (χ4n) is 2.50. The molecule has 0 bridgehead atoms. The van der Waals surface area contributed by atoms with Gasteiger partial charge in [-0.25, -0.2) is 4.79 Å². The Morgan fingerprint density at radius 3 is 2.71 bits per heavy atom. The molecule has 1 aromatic carbocycles. The van der Waals surface area contributed by atoms with E-state index in [9.17, 15) is 9.90 Å². The molecule has 90 valence electrons. The lowest BCUT2D eigenvalue weighted by molar-refractivity contribution is 0.407. The van der Waals surface area contributed by atoms with Gasteiger partial charge >= 0.3 is 0 Å². The van der Waals surface area contributed by atoms with Crippen molar-refractivity contribution < 1.29 is 9.90 Å². The molecule has 17 heavy (non-hydrogen) atoms. The van der Waals surface area contributed by atoms with Crippen molar-refractivity contribution in [2.75, 3.05) is 6.26 Å². The predicted octanol–water partition coefficient (Wildman–Crippen LogP) is 3.22. The number of aromatic hydroxyl groups is 1. The summed E-state index contributed by atoms with van der Waals surface area (Å²) in [7, 11) is 0. The van der Waals surface area contributed by atoms with Gasteiger partial charge in [0.1, 0.15) is 11.3 Å². The molecule has 0 atom stereocenters. The largest absolute Gasteiger partial charge is 0.508 e. The SMILES string of the molecule is CSc1ccc(O)c(C2(N=C=O)CCCC2)c1. The highest BCUT2D eigenvalue weighted by molar-refractivity contribution is 7.98. The number of carbonyl (C=O) groups excluding carboxylic acids is 1. The fourth-order valence-corrected chi connectivity index (χ4v) is 2.94. The molecule has 2 rings (SSSR count). The third-order valence-corrected chi connectivity index (χ3v) is 4.12. The monoisotopic (exact) mass is 249 g/mol. The zero-order valence-corrected chi connectivity index (χ0v) is 10.6. The number of rotatable bonds is 3. The van der Waals surface area contributed by atoms with Gasteiger partial charge in [0.2, 0.25) is 6.08 Å². The maximum Gasteiger partial charge on any atom is 0.235 e. The van der Waals surface area contributed by atoms with Gasteiger partial charge in [-0.2, -0.15) is 4.99 Å². The minimum atomic E-state index is -0.544. The Hall–Kier alpha value is -1.25. The van der Waals surface area contributed by atoms with Gasteiger partial charge in [0.15, 0.2) is 0 Å². The Balaban J connectivity index is 2.52. The zero-order chi connectivity index (χ0) is 12.3. The van der Waals surface area contributed by atoms with Gasteiger partial charge in [0, 0.05) is 10.5 Å². The summed E-state index contributed by atoms with van der Waals surface area (Å²) in [5.41, 5.74) is 0.225. The standard InChI is InChI=1S/C13H15NO2S/c1-17-10-4-5-12(16)11(8-10)13(14-9-15)6-2-3-7-13/h4-5,8,16H,2-3,6-7H2,1H3. The molecule has 4 heteroatoms. The van der Waals surface area contributed by atoms with E-state index in [1.165, 1.54) is 0 Å². The van der Waals surface area contributed by atoms with Crippen molar-refractivity contribution in [3.63, 3.8) is 0 Å². The van der Waals surface area contributed by atoms with Crippen molar-refractivity contribution in [2.24, 2.45) is 4.99 Å². The summed E-state index contributed by atoms with van der Waals surface area (Å²) < 4.78 is 0. The van der Waals surface area contributed by atoms with E-state index in [0.29, 0.717) is 0 Å². The third-order valence-electron chi connectivity index (χ3n) is 3.40. The van der Waals surface area contributed by atoms with Crippen LogP contribution in [0.15, 0.2) is 28.1 Å². The summed E-state index contributed by atoms with van der Waals surface area (Å²) in [5, 5.41) is 9.98. The summed E-state index contributed by atoms with van der Waals surface area (Å²) in [6.45, 7) is 0. The summed E-state index contributed by atoms with van der Waals surface area (Å²) in [6, 6.07) is 5.49. The Morgan fingerprint density at radius 2 is 2.12 bits per heavy atom. The highest BCUT2D eigenvalue weighted by Gasteiger charge is 2.37. The molecule has 0 radical (unpaired) electrons. The highest BCUT2D eigenvalue weighted by atomic mass is 32.2. The van der Waals surface area contributed by atoms with E-state index in [-0.39, 0.29) is 5.75 Å². The number of isocyanates is 1. The molecule has 3 nitrogen and oxygen atoms in total. The first kappa shape index (κ1) is 12.2. The average Bonchev–Trinajstić information content (AvgIpc) is 2.80. The maximum atomic E-state index is 10.6. The normalized spacial score (nSPS) is 17.7. The van der Waals surface area contributed by atoms with Gasteiger partial charge in [0.05, 0.1) is 0 Å². The number of thioether (sulfide) groups is 1. The lowest BCUT2D eigenvalue weighted by Gasteiger charge is -2.24. The molecular formula is C13H15NO2S. The van der Waals surface area contributed by atoms with Crippen LogP contribution in [0.2, 0.25) is 0 Å². The molecule has 0 aliphatic heterocycles. The van der Waals surface area contributed by atoms with E-state index in [0.717, 1.165) is 36.1 Å². The van der Waals surface area contributed by atoms with E-state index in [1.54, 1.807) is 23.9 Å². The van der Waals surface area contributed by atoms with Crippen LogP contribution in [0.4, 0.5) is 0 Å². The van der Waals surface area contributed by atoms with Gasteiger partial charge < -0.3 is 5.11 Å². The quantitative estimate of drug-likeness (QED) is 0.508. The first-order valence-electron chi connectivity index (χ1n) is 5.68. The Bertz CT molecular complexity index is 460. The summed E-state index contributed by atoms with van der Waals surface area (Å²) in [6.07, 6.45) is 7.36. The van der Waals surface area contributed by atoms with Crippen LogP contribution in [0.3, 0.4) is 0 Å². The first-order chi connectivity index (χ1) is 8.22. The van der Waals surface area contributed by atoms with Crippen molar-refractivity contribution in [1.29, 1.82) is 0 Å².